The monoisotopic (exact) mass is 280 g/mol. The predicted molar refractivity (Wildman–Crippen MR) is 85.2 cm³/mol. The van der Waals surface area contributed by atoms with E-state index in [1.807, 2.05) is 31.0 Å². The molecule has 3 aromatic rings. The Kier molecular flexibility index (Phi) is 3.71. The molecule has 21 heavy (non-hydrogen) atoms. The quantitative estimate of drug-likeness (QED) is 0.799. The zero-order valence-corrected chi connectivity index (χ0v) is 12.7. The Morgan fingerprint density at radius 1 is 1.24 bits per heavy atom. The zero-order valence-electron chi connectivity index (χ0n) is 12.7. The summed E-state index contributed by atoms with van der Waals surface area (Å²) in [6, 6.07) is 12.6. The van der Waals surface area contributed by atoms with Crippen LogP contribution in [0.15, 0.2) is 42.6 Å². The summed E-state index contributed by atoms with van der Waals surface area (Å²) in [6.45, 7) is 2.12. The third kappa shape index (κ3) is 2.43. The van der Waals surface area contributed by atoms with Crippen molar-refractivity contribution in [3.8, 4) is 0 Å². The van der Waals surface area contributed by atoms with Crippen molar-refractivity contribution >= 4 is 10.9 Å². The van der Waals surface area contributed by atoms with Crippen molar-refractivity contribution in [2.24, 2.45) is 7.05 Å². The van der Waals surface area contributed by atoms with Crippen LogP contribution in [-0.2, 0) is 13.5 Å². The van der Waals surface area contributed by atoms with Crippen LogP contribution in [0.25, 0.3) is 10.9 Å². The minimum Gasteiger partial charge on any atom is -0.308 e. The van der Waals surface area contributed by atoms with Gasteiger partial charge in [-0.15, -0.1) is 0 Å². The third-order valence-electron chi connectivity index (χ3n) is 3.89. The van der Waals surface area contributed by atoms with Crippen LogP contribution in [0, 0.1) is 0 Å². The predicted octanol–water partition coefficient (Wildman–Crippen LogP) is 2.84. The first-order valence-corrected chi connectivity index (χ1v) is 7.28. The van der Waals surface area contributed by atoms with Crippen LogP contribution in [0.5, 0.6) is 0 Å². The molecule has 0 aliphatic carbocycles. The van der Waals surface area contributed by atoms with Crippen LogP contribution in [-0.4, -0.2) is 21.8 Å². The Balaban J connectivity index is 2.16. The summed E-state index contributed by atoms with van der Waals surface area (Å²) < 4.78 is 1.96. The molecule has 1 atom stereocenters. The first-order chi connectivity index (χ1) is 10.2. The lowest BCUT2D eigenvalue weighted by atomic mass is 10.00. The maximum atomic E-state index is 4.56. The molecule has 1 N–H and O–H groups in total. The molecule has 0 amide bonds. The molecule has 0 spiro atoms. The lowest BCUT2D eigenvalue weighted by Gasteiger charge is -2.18. The average Bonchev–Trinajstić information content (AvgIpc) is 2.89. The first-order valence-electron chi connectivity index (χ1n) is 7.28. The minimum atomic E-state index is 0.0846. The molecule has 108 valence electrons. The molecule has 2 heterocycles. The molecule has 0 bridgehead atoms. The highest BCUT2D eigenvalue weighted by atomic mass is 15.3. The Hall–Kier alpha value is -2.20. The normalized spacial score (nSPS) is 12.7. The van der Waals surface area contributed by atoms with Gasteiger partial charge in [0.05, 0.1) is 22.9 Å². The summed E-state index contributed by atoms with van der Waals surface area (Å²) >= 11 is 0. The van der Waals surface area contributed by atoms with Crippen LogP contribution in [0.3, 0.4) is 0 Å². The number of hydrogen-bond donors (Lipinski definition) is 1. The summed E-state index contributed by atoms with van der Waals surface area (Å²) in [5.41, 5.74) is 4.49. The Morgan fingerprint density at radius 3 is 2.76 bits per heavy atom. The molecule has 0 saturated carbocycles. The van der Waals surface area contributed by atoms with Gasteiger partial charge in [-0.05, 0) is 25.6 Å². The highest BCUT2D eigenvalue weighted by Crippen LogP contribution is 2.27. The number of nitrogens with zero attached hydrogens (tertiary/aromatic N) is 3. The molecule has 0 fully saturated rings. The van der Waals surface area contributed by atoms with Crippen molar-refractivity contribution in [1.82, 2.24) is 20.1 Å². The van der Waals surface area contributed by atoms with Gasteiger partial charge in [-0.25, -0.2) is 0 Å². The topological polar surface area (TPSA) is 42.7 Å². The fourth-order valence-electron chi connectivity index (χ4n) is 2.81. The van der Waals surface area contributed by atoms with E-state index in [4.69, 9.17) is 0 Å². The summed E-state index contributed by atoms with van der Waals surface area (Å²) in [5.74, 6) is 0. The van der Waals surface area contributed by atoms with E-state index in [0.717, 1.165) is 28.7 Å². The van der Waals surface area contributed by atoms with Crippen molar-refractivity contribution in [1.29, 1.82) is 0 Å². The van der Waals surface area contributed by atoms with Gasteiger partial charge in [0.2, 0.25) is 0 Å². The highest BCUT2D eigenvalue weighted by Gasteiger charge is 2.19. The van der Waals surface area contributed by atoms with Crippen LogP contribution < -0.4 is 5.32 Å². The van der Waals surface area contributed by atoms with Crippen molar-refractivity contribution < 1.29 is 0 Å². The number of nitrogens with one attached hydrogen (secondary N) is 1. The molecule has 4 heteroatoms. The summed E-state index contributed by atoms with van der Waals surface area (Å²) in [7, 11) is 3.97. The highest BCUT2D eigenvalue weighted by molar-refractivity contribution is 5.82. The van der Waals surface area contributed by atoms with E-state index in [9.17, 15) is 0 Å². The first kappa shape index (κ1) is 13.8. The van der Waals surface area contributed by atoms with Gasteiger partial charge in [0.25, 0.3) is 0 Å². The van der Waals surface area contributed by atoms with Gasteiger partial charge in [0.1, 0.15) is 0 Å². The molecule has 0 aliphatic heterocycles. The Labute approximate surface area is 124 Å². The molecule has 1 aromatic carbocycles. The number of para-hydroxylation sites is 1. The van der Waals surface area contributed by atoms with Gasteiger partial charge in [-0.2, -0.15) is 5.10 Å². The summed E-state index contributed by atoms with van der Waals surface area (Å²) in [5, 5.41) is 9.12. The lowest BCUT2D eigenvalue weighted by molar-refractivity contribution is 0.606. The number of rotatable bonds is 4. The lowest BCUT2D eigenvalue weighted by Crippen LogP contribution is -2.21. The molecule has 3 rings (SSSR count). The maximum absolute atomic E-state index is 4.56. The van der Waals surface area contributed by atoms with Gasteiger partial charge in [-0.3, -0.25) is 9.67 Å². The average molecular weight is 280 g/mol. The van der Waals surface area contributed by atoms with E-state index >= 15 is 0 Å². The molecule has 4 nitrogen and oxygen atoms in total. The molecular weight excluding hydrogens is 260 g/mol. The zero-order chi connectivity index (χ0) is 14.8. The second kappa shape index (κ2) is 5.66. The van der Waals surface area contributed by atoms with Gasteiger partial charge < -0.3 is 5.32 Å². The van der Waals surface area contributed by atoms with Gasteiger partial charge in [-0.1, -0.05) is 31.2 Å². The molecule has 0 aliphatic rings. The third-order valence-corrected chi connectivity index (χ3v) is 3.89. The SMILES string of the molecule is CCc1cc(C(NC)c2cccc3cccnc23)n(C)n1. The van der Waals surface area contributed by atoms with E-state index in [2.05, 4.69) is 52.7 Å². The van der Waals surface area contributed by atoms with Crippen LogP contribution in [0.1, 0.15) is 29.9 Å². The molecular formula is C17H20N4. The van der Waals surface area contributed by atoms with E-state index < -0.39 is 0 Å². The van der Waals surface area contributed by atoms with Crippen LogP contribution >= 0.6 is 0 Å². The largest absolute Gasteiger partial charge is 0.308 e. The van der Waals surface area contributed by atoms with E-state index in [-0.39, 0.29) is 6.04 Å². The van der Waals surface area contributed by atoms with Crippen LogP contribution in [0.4, 0.5) is 0 Å². The Morgan fingerprint density at radius 2 is 2.05 bits per heavy atom. The van der Waals surface area contributed by atoms with E-state index in [1.54, 1.807) is 0 Å². The fraction of sp³-hybridized carbons (Fsp3) is 0.294. The fourth-order valence-corrected chi connectivity index (χ4v) is 2.81. The Bertz CT molecular complexity index is 755. The minimum absolute atomic E-state index is 0.0846. The number of aromatic nitrogens is 3. The van der Waals surface area contributed by atoms with Gasteiger partial charge >= 0.3 is 0 Å². The summed E-state index contributed by atoms with van der Waals surface area (Å²) in [4.78, 5) is 4.56. The van der Waals surface area contributed by atoms with Crippen LogP contribution in [0.2, 0.25) is 0 Å². The maximum Gasteiger partial charge on any atom is 0.0767 e. The van der Waals surface area contributed by atoms with Crippen molar-refractivity contribution in [2.45, 2.75) is 19.4 Å². The summed E-state index contributed by atoms with van der Waals surface area (Å²) in [6.07, 6.45) is 2.79. The van der Waals surface area contributed by atoms with Gasteiger partial charge in [0, 0.05) is 24.2 Å². The number of benzene rings is 1. The smallest absolute Gasteiger partial charge is 0.0767 e. The van der Waals surface area contributed by atoms with Gasteiger partial charge in [0.15, 0.2) is 0 Å². The van der Waals surface area contributed by atoms with Crippen molar-refractivity contribution in [3.63, 3.8) is 0 Å². The van der Waals surface area contributed by atoms with Crippen molar-refractivity contribution in [2.75, 3.05) is 7.05 Å². The second-order valence-corrected chi connectivity index (χ2v) is 5.18. The number of fused-ring (bicyclic) bond motifs is 1. The standard InChI is InChI=1S/C17H20N4/c1-4-13-11-15(21(3)20-13)17(18-2)14-9-5-7-12-8-6-10-19-16(12)14/h5-11,17-18H,4H2,1-3H3. The number of hydrogen-bond acceptors (Lipinski definition) is 3. The second-order valence-electron chi connectivity index (χ2n) is 5.18. The van der Waals surface area contributed by atoms with Crippen molar-refractivity contribution in [3.05, 3.63) is 59.5 Å². The molecule has 0 saturated heterocycles. The van der Waals surface area contributed by atoms with E-state index in [1.165, 1.54) is 5.56 Å². The molecule has 1 unspecified atom stereocenters. The van der Waals surface area contributed by atoms with E-state index in [0.29, 0.717) is 0 Å². The molecule has 0 radical (unpaired) electrons. The number of aryl methyl sites for hydroxylation is 2. The number of pyridine rings is 1. The molecule has 2 aromatic heterocycles.